The van der Waals surface area contributed by atoms with Crippen molar-refractivity contribution in [3.63, 3.8) is 0 Å². The zero-order valence-corrected chi connectivity index (χ0v) is 16.1. The fourth-order valence-electron chi connectivity index (χ4n) is 3.63. The van der Waals surface area contributed by atoms with Crippen LogP contribution in [0.5, 0.6) is 11.5 Å². The standard InChI is InChI=1S/C22H30N2O2/c1-4-25-20-10-9-19(16-21(20)26-5-2)22(24-13-11-23-12-14-24)18-8-6-7-17(3)15-18/h6-10,15-16,22-23H,4-5,11-14H2,1-3H3. The van der Waals surface area contributed by atoms with Crippen molar-refractivity contribution < 1.29 is 9.47 Å². The Labute approximate surface area is 157 Å². The highest BCUT2D eigenvalue weighted by molar-refractivity contribution is 5.46. The van der Waals surface area contributed by atoms with Crippen molar-refractivity contribution in [2.75, 3.05) is 39.4 Å². The molecule has 1 saturated heterocycles. The molecular formula is C22H30N2O2. The molecule has 0 bridgehead atoms. The van der Waals surface area contributed by atoms with Gasteiger partial charge in [-0.1, -0.05) is 35.9 Å². The van der Waals surface area contributed by atoms with Gasteiger partial charge in [0.15, 0.2) is 11.5 Å². The van der Waals surface area contributed by atoms with E-state index in [0.29, 0.717) is 13.2 Å². The summed E-state index contributed by atoms with van der Waals surface area (Å²) in [5, 5.41) is 3.46. The number of nitrogens with one attached hydrogen (secondary N) is 1. The zero-order chi connectivity index (χ0) is 18.4. The third-order valence-electron chi connectivity index (χ3n) is 4.76. The minimum absolute atomic E-state index is 0.229. The van der Waals surface area contributed by atoms with E-state index in [2.05, 4.69) is 59.6 Å². The molecule has 4 heteroatoms. The fourth-order valence-corrected chi connectivity index (χ4v) is 3.63. The van der Waals surface area contributed by atoms with Crippen LogP contribution in [0.25, 0.3) is 0 Å². The first-order valence-corrected chi connectivity index (χ1v) is 9.63. The van der Waals surface area contributed by atoms with Crippen molar-refractivity contribution >= 4 is 0 Å². The maximum Gasteiger partial charge on any atom is 0.161 e. The molecule has 1 N–H and O–H groups in total. The number of rotatable bonds is 7. The van der Waals surface area contributed by atoms with E-state index in [4.69, 9.17) is 9.47 Å². The fraction of sp³-hybridized carbons (Fsp3) is 0.455. The number of ether oxygens (including phenoxy) is 2. The van der Waals surface area contributed by atoms with Gasteiger partial charge in [0.2, 0.25) is 0 Å². The predicted molar refractivity (Wildman–Crippen MR) is 106 cm³/mol. The van der Waals surface area contributed by atoms with Gasteiger partial charge in [-0.05, 0) is 44.0 Å². The molecule has 1 aliphatic rings. The number of hydrogen-bond acceptors (Lipinski definition) is 4. The molecule has 2 aromatic carbocycles. The molecule has 1 unspecified atom stereocenters. The van der Waals surface area contributed by atoms with E-state index in [1.165, 1.54) is 16.7 Å². The third kappa shape index (κ3) is 4.37. The Bertz CT molecular complexity index is 711. The van der Waals surface area contributed by atoms with E-state index in [0.717, 1.165) is 37.7 Å². The normalized spacial score (nSPS) is 16.3. The monoisotopic (exact) mass is 354 g/mol. The minimum Gasteiger partial charge on any atom is -0.490 e. The summed E-state index contributed by atoms with van der Waals surface area (Å²) >= 11 is 0. The highest BCUT2D eigenvalue weighted by atomic mass is 16.5. The zero-order valence-electron chi connectivity index (χ0n) is 16.1. The molecule has 0 saturated carbocycles. The molecule has 4 nitrogen and oxygen atoms in total. The lowest BCUT2D eigenvalue weighted by atomic mass is 9.95. The highest BCUT2D eigenvalue weighted by Gasteiger charge is 2.25. The maximum atomic E-state index is 5.87. The lowest BCUT2D eigenvalue weighted by molar-refractivity contribution is 0.197. The largest absolute Gasteiger partial charge is 0.490 e. The quantitative estimate of drug-likeness (QED) is 0.820. The molecule has 3 rings (SSSR count). The first kappa shape index (κ1) is 18.7. The first-order valence-electron chi connectivity index (χ1n) is 9.63. The first-order chi connectivity index (χ1) is 12.7. The van der Waals surface area contributed by atoms with Crippen LogP contribution in [-0.2, 0) is 0 Å². The summed E-state index contributed by atoms with van der Waals surface area (Å²) in [6.45, 7) is 11.6. The van der Waals surface area contributed by atoms with E-state index in [9.17, 15) is 0 Å². The van der Waals surface area contributed by atoms with Crippen LogP contribution in [0.1, 0.15) is 36.6 Å². The van der Waals surface area contributed by atoms with Crippen LogP contribution in [0.3, 0.4) is 0 Å². The SMILES string of the molecule is CCOc1ccc(C(c2cccc(C)c2)N2CCNCC2)cc1OCC. The van der Waals surface area contributed by atoms with Crippen molar-refractivity contribution in [2.24, 2.45) is 0 Å². The Morgan fingerprint density at radius 2 is 1.62 bits per heavy atom. The van der Waals surface area contributed by atoms with Gasteiger partial charge in [-0.15, -0.1) is 0 Å². The van der Waals surface area contributed by atoms with Gasteiger partial charge in [0.25, 0.3) is 0 Å². The molecule has 1 aliphatic heterocycles. The second-order valence-electron chi connectivity index (χ2n) is 6.67. The maximum absolute atomic E-state index is 5.87. The van der Waals surface area contributed by atoms with E-state index >= 15 is 0 Å². The van der Waals surface area contributed by atoms with Gasteiger partial charge in [-0.25, -0.2) is 0 Å². The van der Waals surface area contributed by atoms with Crippen LogP contribution >= 0.6 is 0 Å². The Balaban J connectivity index is 2.01. The Morgan fingerprint density at radius 1 is 0.923 bits per heavy atom. The van der Waals surface area contributed by atoms with Crippen molar-refractivity contribution in [2.45, 2.75) is 26.8 Å². The van der Waals surface area contributed by atoms with Crippen molar-refractivity contribution in [3.8, 4) is 11.5 Å². The van der Waals surface area contributed by atoms with Gasteiger partial charge >= 0.3 is 0 Å². The van der Waals surface area contributed by atoms with Gasteiger partial charge in [0.05, 0.1) is 19.3 Å². The average molecular weight is 354 g/mol. The van der Waals surface area contributed by atoms with Crippen LogP contribution < -0.4 is 14.8 Å². The van der Waals surface area contributed by atoms with Crippen molar-refractivity contribution in [1.29, 1.82) is 0 Å². The highest BCUT2D eigenvalue weighted by Crippen LogP contribution is 2.36. The molecular weight excluding hydrogens is 324 g/mol. The second-order valence-corrected chi connectivity index (χ2v) is 6.67. The summed E-state index contributed by atoms with van der Waals surface area (Å²) in [7, 11) is 0. The third-order valence-corrected chi connectivity index (χ3v) is 4.76. The molecule has 0 aromatic heterocycles. The van der Waals surface area contributed by atoms with E-state index < -0.39 is 0 Å². The molecule has 1 fully saturated rings. The summed E-state index contributed by atoms with van der Waals surface area (Å²) < 4.78 is 11.6. The van der Waals surface area contributed by atoms with E-state index in [1.807, 2.05) is 13.8 Å². The van der Waals surface area contributed by atoms with Crippen LogP contribution in [0.2, 0.25) is 0 Å². The average Bonchev–Trinajstić information content (AvgIpc) is 2.65. The summed E-state index contributed by atoms with van der Waals surface area (Å²) in [6, 6.07) is 15.5. The van der Waals surface area contributed by atoms with Crippen molar-refractivity contribution in [3.05, 3.63) is 59.2 Å². The number of hydrogen-bond donors (Lipinski definition) is 1. The van der Waals surface area contributed by atoms with Crippen molar-refractivity contribution in [1.82, 2.24) is 10.2 Å². The molecule has 0 radical (unpaired) electrons. The topological polar surface area (TPSA) is 33.7 Å². The lowest BCUT2D eigenvalue weighted by Gasteiger charge is -2.36. The van der Waals surface area contributed by atoms with Gasteiger partial charge in [-0.3, -0.25) is 4.90 Å². The Hall–Kier alpha value is -2.04. The smallest absolute Gasteiger partial charge is 0.161 e. The van der Waals surface area contributed by atoms with Gasteiger partial charge in [0.1, 0.15) is 0 Å². The molecule has 0 amide bonds. The molecule has 0 aliphatic carbocycles. The van der Waals surface area contributed by atoms with Gasteiger partial charge in [0, 0.05) is 26.2 Å². The van der Waals surface area contributed by atoms with Crippen LogP contribution in [-0.4, -0.2) is 44.3 Å². The minimum atomic E-state index is 0.229. The molecule has 0 spiro atoms. The molecule has 26 heavy (non-hydrogen) atoms. The number of benzene rings is 2. The van der Waals surface area contributed by atoms with E-state index in [1.54, 1.807) is 0 Å². The van der Waals surface area contributed by atoms with Gasteiger partial charge in [-0.2, -0.15) is 0 Å². The Morgan fingerprint density at radius 3 is 2.31 bits per heavy atom. The van der Waals surface area contributed by atoms with Crippen LogP contribution in [0, 0.1) is 6.92 Å². The number of aryl methyl sites for hydroxylation is 1. The predicted octanol–water partition coefficient (Wildman–Crippen LogP) is 3.79. The summed E-state index contributed by atoms with van der Waals surface area (Å²) in [4.78, 5) is 2.55. The molecule has 2 aromatic rings. The van der Waals surface area contributed by atoms with Crippen LogP contribution in [0.4, 0.5) is 0 Å². The molecule has 1 atom stereocenters. The van der Waals surface area contributed by atoms with Crippen LogP contribution in [0.15, 0.2) is 42.5 Å². The Kier molecular flexibility index (Phi) is 6.53. The number of nitrogens with zero attached hydrogens (tertiary/aromatic N) is 1. The molecule has 1 heterocycles. The van der Waals surface area contributed by atoms with E-state index in [-0.39, 0.29) is 6.04 Å². The summed E-state index contributed by atoms with van der Waals surface area (Å²) in [6.07, 6.45) is 0. The molecule has 140 valence electrons. The summed E-state index contributed by atoms with van der Waals surface area (Å²) in [5.74, 6) is 1.65. The second kappa shape index (κ2) is 9.06. The number of piperazine rings is 1. The lowest BCUT2D eigenvalue weighted by Crippen LogP contribution is -2.45. The van der Waals surface area contributed by atoms with Gasteiger partial charge < -0.3 is 14.8 Å². The summed E-state index contributed by atoms with van der Waals surface area (Å²) in [5.41, 5.74) is 3.88.